The Labute approximate surface area is 128 Å². The van der Waals surface area contributed by atoms with E-state index in [-0.39, 0.29) is 0 Å². The molecule has 2 aromatic rings. The molecule has 2 aromatic heterocycles. The molecule has 0 aliphatic carbocycles. The van der Waals surface area contributed by atoms with Crippen LogP contribution in [0.25, 0.3) is 11.0 Å². The van der Waals surface area contributed by atoms with Crippen LogP contribution in [-0.4, -0.2) is 56.0 Å². The predicted molar refractivity (Wildman–Crippen MR) is 88.0 cm³/mol. The highest BCUT2D eigenvalue weighted by molar-refractivity contribution is 7.98. The van der Waals surface area contributed by atoms with Crippen LogP contribution in [0.1, 0.15) is 20.3 Å². The molecule has 2 rings (SSSR count). The van der Waals surface area contributed by atoms with E-state index in [1.54, 1.807) is 24.9 Å². The average Bonchev–Trinajstić information content (AvgIpc) is 2.91. The Kier molecular flexibility index (Phi) is 5.24. The summed E-state index contributed by atoms with van der Waals surface area (Å²) in [4.78, 5) is 8.83. The summed E-state index contributed by atoms with van der Waals surface area (Å²) < 4.78 is 0. The first-order valence-electron chi connectivity index (χ1n) is 6.96. The number of nitrogens with zero attached hydrogens (tertiary/aromatic N) is 3. The van der Waals surface area contributed by atoms with Crippen LogP contribution in [0, 0.1) is 0 Å². The number of thioether (sulfide) groups is 1. The van der Waals surface area contributed by atoms with Crippen LogP contribution in [-0.2, 0) is 0 Å². The Morgan fingerprint density at radius 1 is 1.38 bits per heavy atom. The second-order valence-electron chi connectivity index (χ2n) is 5.24. The third-order valence-electron chi connectivity index (χ3n) is 2.93. The fourth-order valence-corrected chi connectivity index (χ4v) is 2.65. The van der Waals surface area contributed by atoms with Crippen LogP contribution in [0.3, 0.4) is 0 Å². The van der Waals surface area contributed by atoms with Gasteiger partial charge in [-0.1, -0.05) is 6.92 Å². The number of fused-ring (bicyclic) bond motifs is 1. The van der Waals surface area contributed by atoms with Gasteiger partial charge < -0.3 is 15.7 Å². The van der Waals surface area contributed by atoms with Gasteiger partial charge in [0.15, 0.2) is 5.65 Å². The summed E-state index contributed by atoms with van der Waals surface area (Å²) in [5.41, 5.74) is -0.118. The first-order valence-corrected chi connectivity index (χ1v) is 8.35. The van der Waals surface area contributed by atoms with Gasteiger partial charge in [0, 0.05) is 18.8 Å². The molecule has 0 saturated heterocycles. The second-order valence-corrected chi connectivity index (χ2v) is 6.10. The molecule has 0 aliphatic rings. The minimum absolute atomic E-state index is 0.415. The van der Waals surface area contributed by atoms with E-state index in [1.807, 2.05) is 6.26 Å². The highest BCUT2D eigenvalue weighted by Crippen LogP contribution is 2.21. The summed E-state index contributed by atoms with van der Waals surface area (Å²) in [6.45, 7) is 5.11. The number of anilines is 2. The van der Waals surface area contributed by atoms with Crippen molar-refractivity contribution in [3.8, 4) is 0 Å². The van der Waals surface area contributed by atoms with Crippen LogP contribution >= 0.6 is 11.8 Å². The van der Waals surface area contributed by atoms with Crippen LogP contribution in [0.15, 0.2) is 6.20 Å². The summed E-state index contributed by atoms with van der Waals surface area (Å²) in [6, 6.07) is 0. The molecule has 8 heteroatoms. The molecule has 0 bridgehead atoms. The van der Waals surface area contributed by atoms with E-state index in [2.05, 4.69) is 37.7 Å². The number of hydrogen-bond acceptors (Lipinski definition) is 7. The molecule has 0 aliphatic heterocycles. The van der Waals surface area contributed by atoms with E-state index in [0.717, 1.165) is 18.4 Å². The molecule has 1 unspecified atom stereocenters. The van der Waals surface area contributed by atoms with Crippen molar-refractivity contribution in [2.24, 2.45) is 0 Å². The van der Waals surface area contributed by atoms with Gasteiger partial charge in [-0.15, -0.1) is 0 Å². The zero-order valence-corrected chi connectivity index (χ0v) is 13.4. The molecule has 2 heterocycles. The van der Waals surface area contributed by atoms with Crippen molar-refractivity contribution in [3.63, 3.8) is 0 Å². The fourth-order valence-electron chi connectivity index (χ4n) is 1.92. The number of hydrogen-bond donors (Lipinski definition) is 4. The third kappa shape index (κ3) is 4.21. The minimum Gasteiger partial charge on any atom is -0.387 e. The van der Waals surface area contributed by atoms with Gasteiger partial charge in [-0.25, -0.2) is 0 Å². The number of rotatable bonds is 8. The third-order valence-corrected chi connectivity index (χ3v) is 3.85. The monoisotopic (exact) mass is 310 g/mol. The topological polar surface area (TPSA) is 98.8 Å². The normalized spacial score (nSPS) is 14.1. The Morgan fingerprint density at radius 2 is 2.19 bits per heavy atom. The Balaban J connectivity index is 2.18. The quantitative estimate of drug-likeness (QED) is 0.589. The predicted octanol–water partition coefficient (Wildman–Crippen LogP) is 1.70. The van der Waals surface area contributed by atoms with E-state index < -0.39 is 5.60 Å². The van der Waals surface area contributed by atoms with Crippen LogP contribution in [0.4, 0.5) is 11.8 Å². The lowest BCUT2D eigenvalue weighted by Gasteiger charge is -2.23. The minimum atomic E-state index is -0.794. The van der Waals surface area contributed by atoms with Crippen molar-refractivity contribution in [1.82, 2.24) is 20.2 Å². The first-order chi connectivity index (χ1) is 10.1. The van der Waals surface area contributed by atoms with Gasteiger partial charge in [0.25, 0.3) is 0 Å². The first kappa shape index (κ1) is 15.8. The van der Waals surface area contributed by atoms with Gasteiger partial charge >= 0.3 is 0 Å². The van der Waals surface area contributed by atoms with Gasteiger partial charge in [0.05, 0.1) is 17.2 Å². The molecule has 21 heavy (non-hydrogen) atoms. The van der Waals surface area contributed by atoms with E-state index in [9.17, 15) is 5.11 Å². The molecule has 7 nitrogen and oxygen atoms in total. The molecule has 116 valence electrons. The van der Waals surface area contributed by atoms with Crippen molar-refractivity contribution in [2.45, 2.75) is 25.9 Å². The number of H-pyrrole nitrogens is 1. The van der Waals surface area contributed by atoms with Crippen LogP contribution in [0.2, 0.25) is 0 Å². The van der Waals surface area contributed by atoms with Crippen molar-refractivity contribution in [1.29, 1.82) is 0 Å². The molecule has 0 spiro atoms. The van der Waals surface area contributed by atoms with E-state index >= 15 is 0 Å². The van der Waals surface area contributed by atoms with Crippen molar-refractivity contribution in [2.75, 3.05) is 35.7 Å². The lowest BCUT2D eigenvalue weighted by atomic mass is 10.1. The van der Waals surface area contributed by atoms with Gasteiger partial charge in [0.1, 0.15) is 5.82 Å². The van der Waals surface area contributed by atoms with Gasteiger partial charge in [-0.3, -0.25) is 5.10 Å². The Morgan fingerprint density at radius 3 is 2.90 bits per heavy atom. The van der Waals surface area contributed by atoms with Gasteiger partial charge in [-0.2, -0.15) is 26.8 Å². The Hall–Kier alpha value is -1.54. The maximum atomic E-state index is 10.2. The molecule has 0 fully saturated rings. The lowest BCUT2D eigenvalue weighted by Crippen LogP contribution is -2.36. The number of aromatic amines is 1. The average molecular weight is 310 g/mol. The molecular weight excluding hydrogens is 288 g/mol. The smallest absolute Gasteiger partial charge is 0.226 e. The fraction of sp³-hybridized carbons (Fsp3) is 0.615. The Bertz CT molecular complexity index is 585. The molecule has 0 amide bonds. The summed E-state index contributed by atoms with van der Waals surface area (Å²) >= 11 is 1.61. The standard InChI is InChI=1S/C13H22N6OS/c1-4-5-14-12-17-10(9-6-16-19-11(9)18-12)15-7-13(2,20)8-21-3/h6,20H,4-5,7-8H2,1-3H3,(H3,14,15,16,17,18,19). The summed E-state index contributed by atoms with van der Waals surface area (Å²) in [5, 5.41) is 24.3. The van der Waals surface area contributed by atoms with Crippen LogP contribution in [0.5, 0.6) is 0 Å². The molecule has 0 aromatic carbocycles. The van der Waals surface area contributed by atoms with Gasteiger partial charge in [0.2, 0.25) is 5.95 Å². The number of nitrogens with one attached hydrogen (secondary N) is 3. The van der Waals surface area contributed by atoms with E-state index in [4.69, 9.17) is 0 Å². The zero-order chi connectivity index (χ0) is 15.3. The maximum Gasteiger partial charge on any atom is 0.226 e. The zero-order valence-electron chi connectivity index (χ0n) is 12.6. The van der Waals surface area contributed by atoms with Crippen molar-refractivity contribution >= 4 is 34.6 Å². The van der Waals surface area contributed by atoms with Gasteiger partial charge in [-0.05, 0) is 19.6 Å². The van der Waals surface area contributed by atoms with Crippen molar-refractivity contribution in [3.05, 3.63) is 6.20 Å². The van der Waals surface area contributed by atoms with E-state index in [0.29, 0.717) is 29.7 Å². The molecule has 0 radical (unpaired) electrons. The largest absolute Gasteiger partial charge is 0.387 e. The molecule has 1 atom stereocenters. The summed E-state index contributed by atoms with van der Waals surface area (Å²) in [5.74, 6) is 1.88. The van der Waals surface area contributed by atoms with Crippen LogP contribution < -0.4 is 10.6 Å². The molecular formula is C13H22N6OS. The highest BCUT2D eigenvalue weighted by atomic mass is 32.2. The molecule has 4 N–H and O–H groups in total. The number of aliphatic hydroxyl groups is 1. The lowest BCUT2D eigenvalue weighted by molar-refractivity contribution is 0.0996. The molecule has 0 saturated carbocycles. The highest BCUT2D eigenvalue weighted by Gasteiger charge is 2.20. The second kappa shape index (κ2) is 6.95. The van der Waals surface area contributed by atoms with Crippen molar-refractivity contribution < 1.29 is 5.11 Å². The number of aromatic nitrogens is 4. The maximum absolute atomic E-state index is 10.2. The summed E-state index contributed by atoms with van der Waals surface area (Å²) in [7, 11) is 0. The summed E-state index contributed by atoms with van der Waals surface area (Å²) in [6.07, 6.45) is 4.65. The van der Waals surface area contributed by atoms with E-state index in [1.165, 1.54) is 0 Å². The SMILES string of the molecule is CCCNc1nc(NCC(C)(O)CSC)c2cn[nH]c2n1.